The predicted molar refractivity (Wildman–Crippen MR) is 103 cm³/mol. The predicted octanol–water partition coefficient (Wildman–Crippen LogP) is 4.36. The number of benzene rings is 1. The van der Waals surface area contributed by atoms with Crippen molar-refractivity contribution < 1.29 is 4.42 Å². The molecule has 0 saturated carbocycles. The molecule has 27 heavy (non-hydrogen) atoms. The maximum atomic E-state index is 6.18. The summed E-state index contributed by atoms with van der Waals surface area (Å²) in [4.78, 5) is 4.04. The Hall–Kier alpha value is -2.71. The van der Waals surface area contributed by atoms with Crippen LogP contribution in [-0.4, -0.2) is 29.9 Å². The summed E-state index contributed by atoms with van der Waals surface area (Å²) in [6.45, 7) is 2.81. The molecule has 0 spiro atoms. The van der Waals surface area contributed by atoms with Crippen molar-refractivity contribution in [2.24, 2.45) is 0 Å². The van der Waals surface area contributed by atoms with Gasteiger partial charge in [-0.2, -0.15) is 0 Å². The van der Waals surface area contributed by atoms with Gasteiger partial charge in [0.2, 0.25) is 11.8 Å². The molecule has 0 fully saturated rings. The Balaban J connectivity index is 1.52. The number of halogens is 1. The van der Waals surface area contributed by atoms with Gasteiger partial charge in [-0.1, -0.05) is 35.5 Å². The molecule has 0 bridgehead atoms. The van der Waals surface area contributed by atoms with Gasteiger partial charge in [0.1, 0.15) is 0 Å². The van der Waals surface area contributed by atoms with E-state index in [1.54, 1.807) is 18.5 Å². The average molecular weight is 399 g/mol. The molecule has 0 N–H and O–H groups in total. The lowest BCUT2D eigenvalue weighted by molar-refractivity contribution is 0.528. The minimum absolute atomic E-state index is 0.408. The molecule has 1 aromatic carbocycles. The van der Waals surface area contributed by atoms with Crippen molar-refractivity contribution in [3.63, 3.8) is 0 Å². The lowest BCUT2D eigenvalue weighted by Crippen LogP contribution is -2.00. The summed E-state index contributed by atoms with van der Waals surface area (Å²) < 4.78 is 7.79. The zero-order valence-corrected chi connectivity index (χ0v) is 16.0. The van der Waals surface area contributed by atoms with Gasteiger partial charge in [-0.3, -0.25) is 4.98 Å². The zero-order chi connectivity index (χ0) is 18.6. The maximum absolute atomic E-state index is 6.18. The van der Waals surface area contributed by atoms with Crippen LogP contribution in [0.4, 0.5) is 0 Å². The molecule has 0 atom stereocenters. The van der Waals surface area contributed by atoms with Crippen molar-refractivity contribution in [1.29, 1.82) is 0 Å². The van der Waals surface area contributed by atoms with Crippen LogP contribution in [0.15, 0.2) is 58.4 Å². The van der Waals surface area contributed by atoms with Crippen molar-refractivity contribution in [3.8, 4) is 22.8 Å². The van der Waals surface area contributed by atoms with Crippen LogP contribution in [-0.2, 0) is 12.3 Å². The molecule has 0 amide bonds. The van der Waals surface area contributed by atoms with Gasteiger partial charge in [-0.05, 0) is 31.2 Å². The highest BCUT2D eigenvalue weighted by Gasteiger charge is 2.16. The molecule has 0 aliphatic carbocycles. The van der Waals surface area contributed by atoms with Gasteiger partial charge in [0.05, 0.1) is 16.3 Å². The fraction of sp³-hybridized carbons (Fsp3) is 0.167. The van der Waals surface area contributed by atoms with E-state index >= 15 is 0 Å². The molecule has 0 saturated heterocycles. The average Bonchev–Trinajstić information content (AvgIpc) is 3.34. The van der Waals surface area contributed by atoms with E-state index in [0.717, 1.165) is 28.7 Å². The fourth-order valence-electron chi connectivity index (χ4n) is 2.58. The number of aromatic nitrogens is 6. The number of hydrogen-bond donors (Lipinski definition) is 0. The van der Waals surface area contributed by atoms with Crippen LogP contribution in [0.1, 0.15) is 12.8 Å². The van der Waals surface area contributed by atoms with E-state index in [0.29, 0.717) is 22.6 Å². The van der Waals surface area contributed by atoms with Gasteiger partial charge in [0, 0.05) is 24.5 Å². The first kappa shape index (κ1) is 17.7. The Labute approximate surface area is 164 Å². The van der Waals surface area contributed by atoms with Crippen molar-refractivity contribution >= 4 is 23.4 Å². The van der Waals surface area contributed by atoms with Crippen molar-refractivity contribution in [1.82, 2.24) is 29.9 Å². The largest absolute Gasteiger partial charge is 0.420 e. The summed E-state index contributed by atoms with van der Waals surface area (Å²) in [6.07, 6.45) is 3.48. The van der Waals surface area contributed by atoms with E-state index in [4.69, 9.17) is 16.0 Å². The van der Waals surface area contributed by atoms with Gasteiger partial charge < -0.3 is 8.98 Å². The first-order valence-electron chi connectivity index (χ1n) is 8.30. The minimum Gasteiger partial charge on any atom is -0.420 e. The number of hydrogen-bond acceptors (Lipinski definition) is 7. The summed E-state index contributed by atoms with van der Waals surface area (Å²) >= 11 is 7.68. The topological polar surface area (TPSA) is 82.5 Å². The zero-order valence-electron chi connectivity index (χ0n) is 14.4. The standard InChI is InChI=1S/C18H15ClN6OS/c1-2-25-16(12-7-9-20-10-8-12)22-24-18(25)27-11-15-21-23-17(26-15)13-5-3-4-6-14(13)19/h3-10H,2,11H2,1H3. The Morgan fingerprint density at radius 1 is 1.04 bits per heavy atom. The second kappa shape index (κ2) is 7.89. The Morgan fingerprint density at radius 3 is 2.63 bits per heavy atom. The van der Waals surface area contributed by atoms with Crippen LogP contribution < -0.4 is 0 Å². The minimum atomic E-state index is 0.408. The third-order valence-corrected chi connectivity index (χ3v) is 5.15. The molecule has 3 heterocycles. The molecular weight excluding hydrogens is 384 g/mol. The van der Waals surface area contributed by atoms with E-state index < -0.39 is 0 Å². The first-order chi connectivity index (χ1) is 13.3. The summed E-state index contributed by atoms with van der Waals surface area (Å²) in [6, 6.07) is 11.2. The van der Waals surface area contributed by atoms with E-state index in [2.05, 4.69) is 32.3 Å². The second-order valence-electron chi connectivity index (χ2n) is 5.56. The highest BCUT2D eigenvalue weighted by molar-refractivity contribution is 7.98. The summed E-state index contributed by atoms with van der Waals surface area (Å²) in [5, 5.41) is 18.2. The molecule has 136 valence electrons. The highest BCUT2D eigenvalue weighted by Crippen LogP contribution is 2.29. The molecule has 9 heteroatoms. The quantitative estimate of drug-likeness (QED) is 0.446. The third-order valence-electron chi connectivity index (χ3n) is 3.87. The van der Waals surface area contributed by atoms with Crippen LogP contribution >= 0.6 is 23.4 Å². The second-order valence-corrected chi connectivity index (χ2v) is 6.91. The Kier molecular flexibility index (Phi) is 5.17. The van der Waals surface area contributed by atoms with Crippen molar-refractivity contribution in [3.05, 3.63) is 59.7 Å². The molecule has 0 radical (unpaired) electrons. The highest BCUT2D eigenvalue weighted by atomic mass is 35.5. The van der Waals surface area contributed by atoms with Crippen LogP contribution in [0.3, 0.4) is 0 Å². The molecule has 4 aromatic rings. The summed E-state index contributed by atoms with van der Waals surface area (Å²) in [5.74, 6) is 2.22. The van der Waals surface area contributed by atoms with Crippen LogP contribution in [0, 0.1) is 0 Å². The van der Waals surface area contributed by atoms with Gasteiger partial charge >= 0.3 is 0 Å². The van der Waals surface area contributed by atoms with Gasteiger partial charge in [-0.15, -0.1) is 20.4 Å². The van der Waals surface area contributed by atoms with E-state index in [1.807, 2.05) is 34.9 Å². The van der Waals surface area contributed by atoms with Crippen molar-refractivity contribution in [2.75, 3.05) is 0 Å². The SMILES string of the molecule is CCn1c(SCc2nnc(-c3ccccc3Cl)o2)nnc1-c1ccncc1. The molecule has 0 unspecified atom stereocenters. The van der Waals surface area contributed by atoms with Gasteiger partial charge in [0.25, 0.3) is 0 Å². The number of thioether (sulfide) groups is 1. The molecule has 3 aromatic heterocycles. The molecular formula is C18H15ClN6OS. The fourth-order valence-corrected chi connectivity index (χ4v) is 3.63. The molecule has 0 aliphatic rings. The van der Waals surface area contributed by atoms with Crippen molar-refractivity contribution in [2.45, 2.75) is 24.4 Å². The molecule has 7 nitrogen and oxygen atoms in total. The van der Waals surface area contributed by atoms with Crippen LogP contribution in [0.2, 0.25) is 5.02 Å². The summed E-state index contributed by atoms with van der Waals surface area (Å²) in [5.41, 5.74) is 1.70. The normalized spacial score (nSPS) is 11.0. The Morgan fingerprint density at radius 2 is 1.85 bits per heavy atom. The van der Waals surface area contributed by atoms with Gasteiger partial charge in [-0.25, -0.2) is 0 Å². The number of rotatable bonds is 6. The van der Waals surface area contributed by atoms with Gasteiger partial charge in [0.15, 0.2) is 11.0 Å². The van der Waals surface area contributed by atoms with E-state index in [9.17, 15) is 0 Å². The third kappa shape index (κ3) is 3.72. The molecule has 4 rings (SSSR count). The van der Waals surface area contributed by atoms with E-state index in [-0.39, 0.29) is 0 Å². The van der Waals surface area contributed by atoms with Crippen LogP contribution in [0.5, 0.6) is 0 Å². The Bertz CT molecular complexity index is 1050. The smallest absolute Gasteiger partial charge is 0.249 e. The monoisotopic (exact) mass is 398 g/mol. The molecule has 0 aliphatic heterocycles. The lowest BCUT2D eigenvalue weighted by atomic mass is 10.2. The van der Waals surface area contributed by atoms with E-state index in [1.165, 1.54) is 11.8 Å². The number of pyridine rings is 1. The first-order valence-corrected chi connectivity index (χ1v) is 9.66. The lowest BCUT2D eigenvalue weighted by Gasteiger charge is -2.06. The summed E-state index contributed by atoms with van der Waals surface area (Å²) in [7, 11) is 0. The number of nitrogens with zero attached hydrogens (tertiary/aromatic N) is 6. The maximum Gasteiger partial charge on any atom is 0.249 e. The van der Waals surface area contributed by atoms with Crippen LogP contribution in [0.25, 0.3) is 22.8 Å².